The van der Waals surface area contributed by atoms with Gasteiger partial charge in [-0.1, -0.05) is 11.8 Å². The van der Waals surface area contributed by atoms with Gasteiger partial charge in [0, 0.05) is 12.3 Å². The van der Waals surface area contributed by atoms with E-state index in [2.05, 4.69) is 0 Å². The lowest BCUT2D eigenvalue weighted by atomic mass is 10.6. The molecule has 50 valence electrons. The summed E-state index contributed by atoms with van der Waals surface area (Å²) in [6.07, 6.45) is 0. The Morgan fingerprint density at radius 1 is 1.78 bits per heavy atom. The first kappa shape index (κ1) is 6.41. The summed E-state index contributed by atoms with van der Waals surface area (Å²) in [4.78, 5) is 1.48. The monoisotopic (exact) mass is 144 g/mol. The second kappa shape index (κ2) is 2.26. The van der Waals surface area contributed by atoms with Crippen molar-refractivity contribution in [1.82, 2.24) is 4.90 Å². The first-order valence-corrected chi connectivity index (χ1v) is 3.53. The first-order chi connectivity index (χ1) is 4.22. The van der Waals surface area contributed by atoms with Crippen molar-refractivity contribution in [2.75, 3.05) is 12.3 Å². The molecule has 0 saturated carbocycles. The summed E-state index contributed by atoms with van der Waals surface area (Å²) in [5, 5.41) is 14.6. The quantitative estimate of drug-likeness (QED) is 0.327. The van der Waals surface area contributed by atoms with Crippen LogP contribution in [-0.2, 0) is 0 Å². The SMILES string of the molecule is N=C(N)N1CCSC1=N. The average molecular weight is 144 g/mol. The van der Waals surface area contributed by atoms with Crippen molar-refractivity contribution < 1.29 is 0 Å². The number of hydrogen-bond acceptors (Lipinski definition) is 3. The number of nitrogens with one attached hydrogen (secondary N) is 2. The van der Waals surface area contributed by atoms with Crippen molar-refractivity contribution >= 4 is 22.9 Å². The molecule has 4 N–H and O–H groups in total. The van der Waals surface area contributed by atoms with Crippen molar-refractivity contribution in [2.24, 2.45) is 5.73 Å². The Morgan fingerprint density at radius 2 is 2.44 bits per heavy atom. The number of rotatable bonds is 0. The number of thioether (sulfide) groups is 1. The molecule has 0 atom stereocenters. The summed E-state index contributed by atoms with van der Waals surface area (Å²) in [7, 11) is 0. The number of nitrogens with zero attached hydrogens (tertiary/aromatic N) is 1. The summed E-state index contributed by atoms with van der Waals surface area (Å²) in [5.74, 6) is 0.850. The molecule has 1 fully saturated rings. The Morgan fingerprint density at radius 3 is 2.67 bits per heavy atom. The van der Waals surface area contributed by atoms with Crippen molar-refractivity contribution in [2.45, 2.75) is 0 Å². The van der Waals surface area contributed by atoms with Gasteiger partial charge in [0.05, 0.1) is 0 Å². The standard InChI is InChI=1S/C4H8N4S/c5-3(6)8-1-2-9-4(8)7/h7H,1-2H2,(H3,5,6). The zero-order valence-corrected chi connectivity index (χ0v) is 5.66. The minimum atomic E-state index is -0.0231. The van der Waals surface area contributed by atoms with Gasteiger partial charge in [-0.25, -0.2) is 0 Å². The Balaban J connectivity index is 2.60. The van der Waals surface area contributed by atoms with E-state index in [9.17, 15) is 0 Å². The molecule has 4 nitrogen and oxygen atoms in total. The fraction of sp³-hybridized carbons (Fsp3) is 0.500. The smallest absolute Gasteiger partial charge is 0.194 e. The first-order valence-electron chi connectivity index (χ1n) is 2.54. The predicted octanol–water partition coefficient (Wildman–Crippen LogP) is -0.137. The number of amidine groups is 1. The Bertz CT molecular complexity index is 155. The summed E-state index contributed by atoms with van der Waals surface area (Å²) < 4.78 is 0. The molecule has 1 saturated heterocycles. The van der Waals surface area contributed by atoms with Gasteiger partial charge in [-0.3, -0.25) is 15.7 Å². The fourth-order valence-electron chi connectivity index (χ4n) is 0.643. The van der Waals surface area contributed by atoms with Gasteiger partial charge in [0.1, 0.15) is 0 Å². The normalized spacial score (nSPS) is 18.7. The highest BCUT2D eigenvalue weighted by Gasteiger charge is 2.18. The highest BCUT2D eigenvalue weighted by molar-refractivity contribution is 8.14. The van der Waals surface area contributed by atoms with Crippen LogP contribution in [0.5, 0.6) is 0 Å². The number of guanidine groups is 1. The van der Waals surface area contributed by atoms with Crippen molar-refractivity contribution in [3.63, 3.8) is 0 Å². The number of hydrogen-bond donors (Lipinski definition) is 3. The summed E-state index contributed by atoms with van der Waals surface area (Å²) in [5.41, 5.74) is 5.14. The molecular formula is C4H8N4S. The Labute approximate surface area is 57.4 Å². The molecule has 9 heavy (non-hydrogen) atoms. The van der Waals surface area contributed by atoms with E-state index in [4.69, 9.17) is 16.6 Å². The molecule has 0 radical (unpaired) electrons. The largest absolute Gasteiger partial charge is 0.370 e. The van der Waals surface area contributed by atoms with E-state index in [1.807, 2.05) is 0 Å². The van der Waals surface area contributed by atoms with Gasteiger partial charge in [0.15, 0.2) is 11.1 Å². The molecule has 1 rings (SSSR count). The maximum Gasteiger partial charge on any atom is 0.194 e. The summed E-state index contributed by atoms with van der Waals surface area (Å²) in [6.45, 7) is 0.707. The van der Waals surface area contributed by atoms with Gasteiger partial charge in [0.25, 0.3) is 0 Å². The van der Waals surface area contributed by atoms with Crippen LogP contribution in [0, 0.1) is 10.8 Å². The van der Waals surface area contributed by atoms with E-state index < -0.39 is 0 Å². The van der Waals surface area contributed by atoms with Gasteiger partial charge in [-0.15, -0.1) is 0 Å². The van der Waals surface area contributed by atoms with Crippen molar-refractivity contribution in [3.05, 3.63) is 0 Å². The van der Waals surface area contributed by atoms with Crippen LogP contribution in [0.3, 0.4) is 0 Å². The van der Waals surface area contributed by atoms with E-state index in [0.717, 1.165) is 5.75 Å². The second-order valence-electron chi connectivity index (χ2n) is 1.69. The van der Waals surface area contributed by atoms with E-state index in [1.165, 1.54) is 16.7 Å². The average Bonchev–Trinajstić information content (AvgIpc) is 2.13. The zero-order chi connectivity index (χ0) is 6.85. The highest BCUT2D eigenvalue weighted by Crippen LogP contribution is 2.14. The maximum absolute atomic E-state index is 7.20. The van der Waals surface area contributed by atoms with Crippen LogP contribution in [0.15, 0.2) is 0 Å². The van der Waals surface area contributed by atoms with Gasteiger partial charge in [0.2, 0.25) is 0 Å². The van der Waals surface area contributed by atoms with Crippen LogP contribution in [0.4, 0.5) is 0 Å². The molecule has 0 bridgehead atoms. The lowest BCUT2D eigenvalue weighted by Gasteiger charge is -2.12. The Hall–Kier alpha value is -0.710. The minimum absolute atomic E-state index is 0.0231. The van der Waals surface area contributed by atoms with Gasteiger partial charge in [-0.05, 0) is 0 Å². The van der Waals surface area contributed by atoms with Crippen LogP contribution >= 0.6 is 11.8 Å². The fourth-order valence-corrected chi connectivity index (χ4v) is 1.46. The van der Waals surface area contributed by atoms with Gasteiger partial charge >= 0.3 is 0 Å². The molecule has 1 aliphatic rings. The number of nitrogens with two attached hydrogens (primary N) is 1. The molecule has 0 spiro atoms. The molecule has 0 aromatic carbocycles. The van der Waals surface area contributed by atoms with Crippen LogP contribution in [0.1, 0.15) is 0 Å². The molecule has 0 aromatic heterocycles. The van der Waals surface area contributed by atoms with Gasteiger partial charge < -0.3 is 5.73 Å². The van der Waals surface area contributed by atoms with Crippen LogP contribution in [0.2, 0.25) is 0 Å². The highest BCUT2D eigenvalue weighted by atomic mass is 32.2. The third-order valence-corrected chi connectivity index (χ3v) is 1.97. The third kappa shape index (κ3) is 1.16. The van der Waals surface area contributed by atoms with E-state index in [-0.39, 0.29) is 5.96 Å². The molecule has 0 aromatic rings. The summed E-state index contributed by atoms with van der Waals surface area (Å²) in [6, 6.07) is 0. The molecular weight excluding hydrogens is 136 g/mol. The second-order valence-corrected chi connectivity index (χ2v) is 2.77. The van der Waals surface area contributed by atoms with Crippen LogP contribution < -0.4 is 5.73 Å². The molecule has 0 amide bonds. The third-order valence-electron chi connectivity index (χ3n) is 1.09. The predicted molar refractivity (Wildman–Crippen MR) is 38.8 cm³/mol. The lowest BCUT2D eigenvalue weighted by molar-refractivity contribution is 0.659. The molecule has 0 unspecified atom stereocenters. The minimum Gasteiger partial charge on any atom is -0.370 e. The lowest BCUT2D eigenvalue weighted by Crippen LogP contribution is -2.36. The molecule has 0 aliphatic carbocycles. The molecule has 5 heteroatoms. The zero-order valence-electron chi connectivity index (χ0n) is 4.85. The van der Waals surface area contributed by atoms with E-state index in [0.29, 0.717) is 11.7 Å². The topological polar surface area (TPSA) is 77.0 Å². The van der Waals surface area contributed by atoms with Crippen LogP contribution in [0.25, 0.3) is 0 Å². The van der Waals surface area contributed by atoms with E-state index >= 15 is 0 Å². The van der Waals surface area contributed by atoms with Crippen molar-refractivity contribution in [3.8, 4) is 0 Å². The summed E-state index contributed by atoms with van der Waals surface area (Å²) >= 11 is 1.42. The van der Waals surface area contributed by atoms with E-state index in [1.54, 1.807) is 0 Å². The van der Waals surface area contributed by atoms with Gasteiger partial charge in [-0.2, -0.15) is 0 Å². The van der Waals surface area contributed by atoms with Crippen LogP contribution in [-0.4, -0.2) is 28.3 Å². The Kier molecular flexibility index (Phi) is 1.61. The van der Waals surface area contributed by atoms with Crippen molar-refractivity contribution in [1.29, 1.82) is 10.8 Å². The maximum atomic E-state index is 7.20. The molecule has 1 aliphatic heterocycles. The molecule has 1 heterocycles.